The average molecular weight is 352 g/mol. The molecule has 0 aliphatic heterocycles. The Kier molecular flexibility index (Phi) is 4.69. The number of rotatable bonds is 5. The number of nitrogens with one attached hydrogen (secondary N) is 2. The van der Waals surface area contributed by atoms with E-state index in [1.807, 2.05) is 31.2 Å². The summed E-state index contributed by atoms with van der Waals surface area (Å²) in [6, 6.07) is 7.58. The van der Waals surface area contributed by atoms with Crippen LogP contribution in [0.2, 0.25) is 0 Å². The first-order chi connectivity index (χ1) is 10.0. The summed E-state index contributed by atoms with van der Waals surface area (Å²) >= 11 is 3.37. The number of hydrogen-bond donors (Lipinski definition) is 2. The molecule has 1 aromatic carbocycles. The lowest BCUT2D eigenvalue weighted by molar-refractivity contribution is -0.383. The minimum atomic E-state index is -0.498. The van der Waals surface area contributed by atoms with Crippen molar-refractivity contribution < 1.29 is 4.92 Å². The predicted molar refractivity (Wildman–Crippen MR) is 84.4 cm³/mol. The number of nitrogens with zero attached hydrogens (tertiary/aromatic N) is 3. The van der Waals surface area contributed by atoms with Crippen LogP contribution in [0.25, 0.3) is 0 Å². The molecule has 2 aromatic rings. The molecule has 0 amide bonds. The summed E-state index contributed by atoms with van der Waals surface area (Å²) in [7, 11) is 1.58. The number of halogens is 1. The van der Waals surface area contributed by atoms with E-state index in [2.05, 4.69) is 36.5 Å². The standard InChI is InChI=1S/C13H14BrN5O2/c1-8(9-3-5-10(14)6-4-9)18-13-11(19(20)21)12(15-2)16-7-17-13/h3-8H,1-2H3,(H2,15,16,17,18). The zero-order valence-electron chi connectivity index (χ0n) is 11.5. The molecule has 0 fully saturated rings. The Labute approximate surface area is 130 Å². The highest BCUT2D eigenvalue weighted by Crippen LogP contribution is 2.31. The normalized spacial score (nSPS) is 11.8. The summed E-state index contributed by atoms with van der Waals surface area (Å²) < 4.78 is 0.976. The van der Waals surface area contributed by atoms with Gasteiger partial charge in [-0.05, 0) is 24.6 Å². The molecular formula is C13H14BrN5O2. The molecule has 0 radical (unpaired) electrons. The first kappa shape index (κ1) is 15.2. The fourth-order valence-electron chi connectivity index (χ4n) is 1.88. The average Bonchev–Trinajstić information content (AvgIpc) is 2.47. The molecule has 110 valence electrons. The molecule has 2 N–H and O–H groups in total. The quantitative estimate of drug-likeness (QED) is 0.633. The molecule has 1 heterocycles. The van der Waals surface area contributed by atoms with Crippen molar-refractivity contribution in [1.29, 1.82) is 0 Å². The van der Waals surface area contributed by atoms with Gasteiger partial charge in [-0.15, -0.1) is 0 Å². The summed E-state index contributed by atoms with van der Waals surface area (Å²) in [5.41, 5.74) is 0.834. The van der Waals surface area contributed by atoms with Crippen molar-refractivity contribution in [2.24, 2.45) is 0 Å². The summed E-state index contributed by atoms with van der Waals surface area (Å²) in [5.74, 6) is 0.371. The number of nitro groups is 1. The van der Waals surface area contributed by atoms with E-state index in [1.165, 1.54) is 6.33 Å². The fraction of sp³-hybridized carbons (Fsp3) is 0.231. The third-order valence-corrected chi connectivity index (χ3v) is 3.49. The summed E-state index contributed by atoms with van der Waals surface area (Å²) in [6.45, 7) is 1.91. The third kappa shape index (κ3) is 3.46. The van der Waals surface area contributed by atoms with Gasteiger partial charge in [-0.2, -0.15) is 0 Å². The van der Waals surface area contributed by atoms with Crippen LogP contribution in [0.3, 0.4) is 0 Å². The van der Waals surface area contributed by atoms with Gasteiger partial charge in [0.05, 0.1) is 11.0 Å². The van der Waals surface area contributed by atoms with Crippen LogP contribution in [0.15, 0.2) is 35.1 Å². The number of aromatic nitrogens is 2. The van der Waals surface area contributed by atoms with Gasteiger partial charge in [0.2, 0.25) is 11.6 Å². The Morgan fingerprint density at radius 2 is 1.86 bits per heavy atom. The monoisotopic (exact) mass is 351 g/mol. The maximum Gasteiger partial charge on any atom is 0.353 e. The van der Waals surface area contributed by atoms with Gasteiger partial charge >= 0.3 is 5.69 Å². The Morgan fingerprint density at radius 3 is 2.43 bits per heavy atom. The lowest BCUT2D eigenvalue weighted by Crippen LogP contribution is -2.11. The largest absolute Gasteiger partial charge is 0.367 e. The molecule has 2 rings (SSSR count). The van der Waals surface area contributed by atoms with Crippen molar-refractivity contribution in [3.8, 4) is 0 Å². The van der Waals surface area contributed by atoms with E-state index in [0.717, 1.165) is 10.0 Å². The summed E-state index contributed by atoms with van der Waals surface area (Å²) in [4.78, 5) is 18.5. The van der Waals surface area contributed by atoms with Crippen molar-refractivity contribution >= 4 is 33.3 Å². The first-order valence-electron chi connectivity index (χ1n) is 6.22. The molecule has 1 unspecified atom stereocenters. The smallest absolute Gasteiger partial charge is 0.353 e. The van der Waals surface area contributed by atoms with Crippen LogP contribution < -0.4 is 10.6 Å². The Hall–Kier alpha value is -2.22. The fourth-order valence-corrected chi connectivity index (χ4v) is 2.14. The summed E-state index contributed by atoms with van der Waals surface area (Å²) in [5, 5.41) is 17.0. The number of anilines is 2. The maximum absolute atomic E-state index is 11.2. The van der Waals surface area contributed by atoms with Crippen LogP contribution in [-0.4, -0.2) is 21.9 Å². The second-order valence-electron chi connectivity index (χ2n) is 4.34. The van der Waals surface area contributed by atoms with E-state index in [9.17, 15) is 10.1 Å². The van der Waals surface area contributed by atoms with Gasteiger partial charge in [0.1, 0.15) is 6.33 Å². The van der Waals surface area contributed by atoms with E-state index in [0.29, 0.717) is 0 Å². The second-order valence-corrected chi connectivity index (χ2v) is 5.26. The first-order valence-corrected chi connectivity index (χ1v) is 7.01. The molecule has 21 heavy (non-hydrogen) atoms. The Bertz CT molecular complexity index is 648. The molecule has 0 aliphatic rings. The van der Waals surface area contributed by atoms with Crippen LogP contribution in [0.5, 0.6) is 0 Å². The maximum atomic E-state index is 11.2. The highest BCUT2D eigenvalue weighted by molar-refractivity contribution is 9.10. The highest BCUT2D eigenvalue weighted by atomic mass is 79.9. The second kappa shape index (κ2) is 6.49. The molecule has 0 spiro atoms. The third-order valence-electron chi connectivity index (χ3n) is 2.96. The zero-order valence-corrected chi connectivity index (χ0v) is 13.1. The van der Waals surface area contributed by atoms with Gasteiger partial charge < -0.3 is 10.6 Å². The summed E-state index contributed by atoms with van der Waals surface area (Å²) in [6.07, 6.45) is 1.29. The van der Waals surface area contributed by atoms with E-state index in [1.54, 1.807) is 7.05 Å². The zero-order chi connectivity index (χ0) is 15.4. The van der Waals surface area contributed by atoms with Crippen molar-refractivity contribution in [1.82, 2.24) is 9.97 Å². The Balaban J connectivity index is 2.30. The van der Waals surface area contributed by atoms with Crippen LogP contribution in [0.4, 0.5) is 17.3 Å². The van der Waals surface area contributed by atoms with E-state index in [-0.39, 0.29) is 23.4 Å². The van der Waals surface area contributed by atoms with Gasteiger partial charge in [-0.3, -0.25) is 10.1 Å². The van der Waals surface area contributed by atoms with Crippen molar-refractivity contribution in [2.45, 2.75) is 13.0 Å². The molecule has 8 heteroatoms. The minimum absolute atomic E-state index is 0.128. The van der Waals surface area contributed by atoms with Gasteiger partial charge in [0.25, 0.3) is 0 Å². The number of benzene rings is 1. The van der Waals surface area contributed by atoms with Gasteiger partial charge in [-0.1, -0.05) is 28.1 Å². The van der Waals surface area contributed by atoms with Gasteiger partial charge in [-0.25, -0.2) is 9.97 Å². The molecule has 1 aromatic heterocycles. The topological polar surface area (TPSA) is 93.0 Å². The van der Waals surface area contributed by atoms with Crippen LogP contribution in [-0.2, 0) is 0 Å². The molecule has 0 saturated heterocycles. The minimum Gasteiger partial charge on any atom is -0.367 e. The lowest BCUT2D eigenvalue weighted by Gasteiger charge is -2.15. The Morgan fingerprint density at radius 1 is 1.24 bits per heavy atom. The van der Waals surface area contributed by atoms with Crippen LogP contribution >= 0.6 is 15.9 Å². The van der Waals surface area contributed by atoms with Crippen molar-refractivity contribution in [3.63, 3.8) is 0 Å². The van der Waals surface area contributed by atoms with E-state index >= 15 is 0 Å². The van der Waals surface area contributed by atoms with Crippen molar-refractivity contribution in [3.05, 3.63) is 50.7 Å². The lowest BCUT2D eigenvalue weighted by atomic mass is 10.1. The van der Waals surface area contributed by atoms with E-state index in [4.69, 9.17) is 0 Å². The van der Waals surface area contributed by atoms with E-state index < -0.39 is 4.92 Å². The van der Waals surface area contributed by atoms with Crippen LogP contribution in [0, 0.1) is 10.1 Å². The molecular weight excluding hydrogens is 338 g/mol. The predicted octanol–water partition coefficient (Wildman–Crippen LogP) is 3.36. The van der Waals surface area contributed by atoms with Crippen LogP contribution in [0.1, 0.15) is 18.5 Å². The van der Waals surface area contributed by atoms with Crippen molar-refractivity contribution in [2.75, 3.05) is 17.7 Å². The molecule has 7 nitrogen and oxygen atoms in total. The molecule has 1 atom stereocenters. The molecule has 0 bridgehead atoms. The number of hydrogen-bond acceptors (Lipinski definition) is 6. The molecule has 0 aliphatic carbocycles. The van der Waals surface area contributed by atoms with Gasteiger partial charge in [0.15, 0.2) is 0 Å². The molecule has 0 saturated carbocycles. The SMILES string of the molecule is CNc1ncnc(NC(C)c2ccc(Br)cc2)c1[N+](=O)[O-]. The van der Waals surface area contributed by atoms with Gasteiger partial charge in [0, 0.05) is 11.5 Å². The highest BCUT2D eigenvalue weighted by Gasteiger charge is 2.23.